The van der Waals surface area contributed by atoms with E-state index in [0.717, 1.165) is 25.7 Å². The Hall–Kier alpha value is -0.610. The zero-order valence-corrected chi connectivity index (χ0v) is 44.3. The van der Waals surface area contributed by atoms with Crippen LogP contribution in [-0.2, 0) is 4.79 Å². The maximum absolute atomic E-state index is 12.5. The Morgan fingerprint density at radius 3 is 0.703 bits per heavy atom. The van der Waals surface area contributed by atoms with Crippen LogP contribution in [0, 0.1) is 0 Å². The molecule has 4 nitrogen and oxygen atoms in total. The molecule has 0 fully saturated rings. The third-order valence-corrected chi connectivity index (χ3v) is 14.6. The molecule has 1 amide bonds. The molecule has 0 aromatic heterocycles. The van der Waals surface area contributed by atoms with Gasteiger partial charge in [0.1, 0.15) is 0 Å². The molecular formula is C60H121NO3. The topological polar surface area (TPSA) is 69.6 Å². The number of aliphatic hydroxyl groups is 2. The lowest BCUT2D eigenvalue weighted by atomic mass is 10.0. The molecule has 3 N–H and O–H groups in total. The van der Waals surface area contributed by atoms with E-state index in [2.05, 4.69) is 19.2 Å². The van der Waals surface area contributed by atoms with Gasteiger partial charge in [0, 0.05) is 6.42 Å². The van der Waals surface area contributed by atoms with Gasteiger partial charge in [-0.3, -0.25) is 4.79 Å². The first-order chi connectivity index (χ1) is 31.7. The molecule has 0 bridgehead atoms. The molecule has 384 valence electrons. The molecule has 2 unspecified atom stereocenters. The van der Waals surface area contributed by atoms with Crippen LogP contribution >= 0.6 is 0 Å². The molecule has 0 aliphatic heterocycles. The van der Waals surface area contributed by atoms with Gasteiger partial charge >= 0.3 is 0 Å². The first-order valence-electron chi connectivity index (χ1n) is 30.2. The second-order valence-electron chi connectivity index (χ2n) is 21.1. The first kappa shape index (κ1) is 63.4. The van der Waals surface area contributed by atoms with Crippen LogP contribution in [0.3, 0.4) is 0 Å². The lowest BCUT2D eigenvalue weighted by Crippen LogP contribution is -2.45. The molecule has 64 heavy (non-hydrogen) atoms. The molecule has 0 heterocycles. The van der Waals surface area contributed by atoms with E-state index >= 15 is 0 Å². The lowest BCUT2D eigenvalue weighted by molar-refractivity contribution is -0.123. The number of amides is 1. The van der Waals surface area contributed by atoms with E-state index in [1.807, 2.05) is 0 Å². The third kappa shape index (κ3) is 52.4. The summed E-state index contributed by atoms with van der Waals surface area (Å²) in [6.07, 6.45) is 72.6. The van der Waals surface area contributed by atoms with Crippen molar-refractivity contribution >= 4 is 5.91 Å². The predicted octanol–water partition coefficient (Wildman–Crippen LogP) is 19.9. The fourth-order valence-corrected chi connectivity index (χ4v) is 10.0. The van der Waals surface area contributed by atoms with Crippen molar-refractivity contribution in [3.05, 3.63) is 0 Å². The van der Waals surface area contributed by atoms with Gasteiger partial charge in [-0.15, -0.1) is 0 Å². The number of hydrogen-bond donors (Lipinski definition) is 3. The summed E-state index contributed by atoms with van der Waals surface area (Å²) in [6, 6.07) is -0.532. The second kappa shape index (κ2) is 56.7. The van der Waals surface area contributed by atoms with Gasteiger partial charge in [0.2, 0.25) is 5.91 Å². The number of carbonyl (C=O) groups is 1. The van der Waals surface area contributed by atoms with Crippen molar-refractivity contribution in [1.29, 1.82) is 0 Å². The summed E-state index contributed by atoms with van der Waals surface area (Å²) in [5, 5.41) is 23.4. The fourth-order valence-electron chi connectivity index (χ4n) is 10.0. The van der Waals surface area contributed by atoms with E-state index in [1.165, 1.54) is 308 Å². The molecule has 4 heteroatoms. The van der Waals surface area contributed by atoms with E-state index < -0.39 is 12.1 Å². The Balaban J connectivity index is 3.39. The minimum absolute atomic E-state index is 0.0209. The largest absolute Gasteiger partial charge is 0.394 e. The highest BCUT2D eigenvalue weighted by atomic mass is 16.3. The summed E-state index contributed by atoms with van der Waals surface area (Å²) in [7, 11) is 0. The summed E-state index contributed by atoms with van der Waals surface area (Å²) in [6.45, 7) is 4.41. The molecular weight excluding hydrogens is 783 g/mol. The maximum atomic E-state index is 12.5. The zero-order valence-electron chi connectivity index (χ0n) is 44.3. The summed E-state index contributed by atoms with van der Waals surface area (Å²) in [5.41, 5.74) is 0. The summed E-state index contributed by atoms with van der Waals surface area (Å²) >= 11 is 0. The quantitative estimate of drug-likeness (QED) is 0.0533. The molecule has 2 atom stereocenters. The monoisotopic (exact) mass is 904 g/mol. The minimum atomic E-state index is -0.655. The molecule has 0 radical (unpaired) electrons. The molecule has 0 saturated heterocycles. The van der Waals surface area contributed by atoms with Crippen LogP contribution < -0.4 is 5.32 Å². The van der Waals surface area contributed by atoms with Gasteiger partial charge in [0.15, 0.2) is 0 Å². The predicted molar refractivity (Wildman–Crippen MR) is 286 cm³/mol. The van der Waals surface area contributed by atoms with Gasteiger partial charge in [-0.25, -0.2) is 0 Å². The van der Waals surface area contributed by atoms with Crippen LogP contribution in [0.1, 0.15) is 361 Å². The highest BCUT2D eigenvalue weighted by Gasteiger charge is 2.20. The molecule has 0 rings (SSSR count). The van der Waals surface area contributed by atoms with Crippen LogP contribution in [0.5, 0.6) is 0 Å². The SMILES string of the molecule is CCCCCCCCCCCCCCCCCCCCCCCCCCCCC(=O)NC(CO)C(O)CCCCCCCCCCCCCCCCCCCCCCCCCCCC. The number of aliphatic hydroxyl groups excluding tert-OH is 2. The van der Waals surface area contributed by atoms with Crippen molar-refractivity contribution in [3.63, 3.8) is 0 Å². The zero-order chi connectivity index (χ0) is 46.3. The van der Waals surface area contributed by atoms with E-state index in [0.29, 0.717) is 12.8 Å². The Labute approximate surface area is 404 Å². The van der Waals surface area contributed by atoms with Crippen LogP contribution in [0.2, 0.25) is 0 Å². The average Bonchev–Trinajstić information content (AvgIpc) is 3.30. The molecule has 0 aromatic carbocycles. The Morgan fingerprint density at radius 1 is 0.312 bits per heavy atom. The van der Waals surface area contributed by atoms with Crippen molar-refractivity contribution in [3.8, 4) is 0 Å². The third-order valence-electron chi connectivity index (χ3n) is 14.6. The molecule has 0 aromatic rings. The van der Waals surface area contributed by atoms with Crippen molar-refractivity contribution in [2.24, 2.45) is 0 Å². The average molecular weight is 905 g/mol. The number of hydrogen-bond acceptors (Lipinski definition) is 3. The molecule has 0 aliphatic rings. The van der Waals surface area contributed by atoms with E-state index in [4.69, 9.17) is 0 Å². The standard InChI is InChI=1S/C60H121NO3/c1-3-5-7-9-11-13-15-17-19-21-23-25-27-29-31-33-35-37-39-41-43-45-47-49-51-53-55-59(63)58(57-62)61-60(64)56-54-52-50-48-46-44-42-40-38-36-34-32-30-28-26-24-22-20-18-16-14-12-10-8-6-4-2/h58-59,62-63H,3-57H2,1-2H3,(H,61,64). The van der Waals surface area contributed by atoms with Gasteiger partial charge in [-0.1, -0.05) is 341 Å². The lowest BCUT2D eigenvalue weighted by Gasteiger charge is -2.22. The summed E-state index contributed by atoms with van der Waals surface area (Å²) in [5.74, 6) is -0.0209. The molecule has 0 spiro atoms. The van der Waals surface area contributed by atoms with Crippen molar-refractivity contribution in [1.82, 2.24) is 5.32 Å². The van der Waals surface area contributed by atoms with Gasteiger partial charge in [-0.05, 0) is 12.8 Å². The van der Waals surface area contributed by atoms with Crippen molar-refractivity contribution < 1.29 is 15.0 Å². The van der Waals surface area contributed by atoms with Crippen LogP contribution in [0.4, 0.5) is 0 Å². The summed E-state index contributed by atoms with van der Waals surface area (Å²) < 4.78 is 0. The van der Waals surface area contributed by atoms with Crippen molar-refractivity contribution in [2.75, 3.05) is 6.61 Å². The van der Waals surface area contributed by atoms with Gasteiger partial charge in [0.05, 0.1) is 18.8 Å². The number of carbonyl (C=O) groups excluding carboxylic acids is 1. The highest BCUT2D eigenvalue weighted by Crippen LogP contribution is 2.19. The van der Waals surface area contributed by atoms with Gasteiger partial charge in [0.25, 0.3) is 0 Å². The Kier molecular flexibility index (Phi) is 56.2. The molecule has 0 saturated carbocycles. The maximum Gasteiger partial charge on any atom is 0.220 e. The smallest absolute Gasteiger partial charge is 0.220 e. The first-order valence-corrected chi connectivity index (χ1v) is 30.2. The van der Waals surface area contributed by atoms with E-state index in [9.17, 15) is 15.0 Å². The Morgan fingerprint density at radius 2 is 0.500 bits per heavy atom. The van der Waals surface area contributed by atoms with Crippen LogP contribution in [0.15, 0.2) is 0 Å². The number of nitrogens with one attached hydrogen (secondary N) is 1. The number of rotatable bonds is 57. The van der Waals surface area contributed by atoms with Crippen LogP contribution in [0.25, 0.3) is 0 Å². The summed E-state index contributed by atoms with van der Waals surface area (Å²) in [4.78, 5) is 12.5. The fraction of sp³-hybridized carbons (Fsp3) is 0.983. The van der Waals surface area contributed by atoms with E-state index in [1.54, 1.807) is 0 Å². The van der Waals surface area contributed by atoms with Crippen molar-refractivity contribution in [2.45, 2.75) is 373 Å². The number of unbranched alkanes of at least 4 members (excludes halogenated alkanes) is 50. The Bertz CT molecular complexity index is 849. The van der Waals surface area contributed by atoms with E-state index in [-0.39, 0.29) is 12.5 Å². The van der Waals surface area contributed by atoms with Crippen LogP contribution in [-0.4, -0.2) is 34.9 Å². The molecule has 0 aliphatic carbocycles. The normalized spacial score (nSPS) is 12.6. The highest BCUT2D eigenvalue weighted by molar-refractivity contribution is 5.76. The second-order valence-corrected chi connectivity index (χ2v) is 21.1. The van der Waals surface area contributed by atoms with Gasteiger partial charge < -0.3 is 15.5 Å². The van der Waals surface area contributed by atoms with Gasteiger partial charge in [-0.2, -0.15) is 0 Å². The minimum Gasteiger partial charge on any atom is -0.394 e.